The minimum absolute atomic E-state index is 0.428. The first-order valence-corrected chi connectivity index (χ1v) is 24.5. The molecule has 10 nitrogen and oxygen atoms in total. The maximum Gasteiger partial charge on any atom is 0.494 e. The Bertz CT molecular complexity index is 3830. The topological polar surface area (TPSA) is 122 Å². The number of fused-ring (bicyclic) bond motifs is 6. The van der Waals surface area contributed by atoms with E-state index in [4.69, 9.17) is 48.0 Å². The molecule has 1 aliphatic heterocycles. The van der Waals surface area contributed by atoms with Gasteiger partial charge in [-0.15, -0.1) is 0 Å². The first-order valence-electron chi connectivity index (χ1n) is 23.7. The van der Waals surface area contributed by atoms with Gasteiger partial charge in [0, 0.05) is 59.4 Å². The summed E-state index contributed by atoms with van der Waals surface area (Å²) in [5.41, 5.74) is 8.79. The molecule has 5 heterocycles. The van der Waals surface area contributed by atoms with E-state index in [2.05, 4.69) is 55.8 Å². The predicted octanol–water partition coefficient (Wildman–Crippen LogP) is 14.6. The molecule has 13 rings (SSSR count). The van der Waals surface area contributed by atoms with Crippen molar-refractivity contribution in [2.45, 2.75) is 38.9 Å². The third kappa shape index (κ3) is 8.43. The van der Waals surface area contributed by atoms with Crippen LogP contribution in [-0.2, 0) is 9.31 Å². The Morgan fingerprint density at radius 1 is 0.361 bits per heavy atom. The average Bonchev–Trinajstić information content (AvgIpc) is 4.06. The zero-order chi connectivity index (χ0) is 49.0. The number of aromatic nitrogens is 6. The second-order valence-electron chi connectivity index (χ2n) is 18.6. The van der Waals surface area contributed by atoms with Crippen LogP contribution >= 0.6 is 15.9 Å². The molecule has 0 aliphatic carbocycles. The summed E-state index contributed by atoms with van der Waals surface area (Å²) < 4.78 is 26.1. The van der Waals surface area contributed by atoms with Gasteiger partial charge in [-0.3, -0.25) is 0 Å². The van der Waals surface area contributed by atoms with Gasteiger partial charge in [0.2, 0.25) is 0 Å². The molecule has 8 aromatic carbocycles. The number of hydrogen-bond acceptors (Lipinski definition) is 10. The van der Waals surface area contributed by atoms with Gasteiger partial charge in [0.15, 0.2) is 34.9 Å². The summed E-state index contributed by atoms with van der Waals surface area (Å²) in [6.07, 6.45) is 0. The summed E-state index contributed by atoms with van der Waals surface area (Å²) in [4.78, 5) is 29.3. The van der Waals surface area contributed by atoms with E-state index >= 15 is 0 Å². The molecule has 348 valence electrons. The minimum Gasteiger partial charge on any atom is -0.456 e. The fourth-order valence-electron chi connectivity index (χ4n) is 9.00. The van der Waals surface area contributed by atoms with Crippen LogP contribution in [0.1, 0.15) is 27.7 Å². The molecule has 72 heavy (non-hydrogen) atoms. The third-order valence-corrected chi connectivity index (χ3v) is 13.9. The molecule has 0 radical (unpaired) electrons. The largest absolute Gasteiger partial charge is 0.494 e. The molecule has 0 spiro atoms. The SMILES string of the molecule is Brc1ccc2oc3cccc(-c4nc(-c5ccccc5)nc(-c5ccccc5)n4)c3c2c1.CC1(C)OB(c2ccc3oc4cccc(-c5nc(-c6ccccc6)nc(-c6ccccc6)n5)c4c3c2)OC1(C)C. The lowest BCUT2D eigenvalue weighted by Gasteiger charge is -2.32. The third-order valence-electron chi connectivity index (χ3n) is 13.4. The lowest BCUT2D eigenvalue weighted by atomic mass is 9.78. The second kappa shape index (κ2) is 18.2. The van der Waals surface area contributed by atoms with E-state index in [1.54, 1.807) is 0 Å². The lowest BCUT2D eigenvalue weighted by Crippen LogP contribution is -2.41. The second-order valence-corrected chi connectivity index (χ2v) is 19.5. The summed E-state index contributed by atoms with van der Waals surface area (Å²) in [6, 6.07) is 64.1. The summed E-state index contributed by atoms with van der Waals surface area (Å²) in [6.45, 7) is 8.25. The highest BCUT2D eigenvalue weighted by Gasteiger charge is 2.51. The summed E-state index contributed by atoms with van der Waals surface area (Å²) in [5, 5.41) is 3.92. The highest BCUT2D eigenvalue weighted by Crippen LogP contribution is 2.40. The van der Waals surface area contributed by atoms with Gasteiger partial charge in [0.25, 0.3) is 0 Å². The molecule has 0 atom stereocenters. The van der Waals surface area contributed by atoms with E-state index in [9.17, 15) is 0 Å². The highest BCUT2D eigenvalue weighted by molar-refractivity contribution is 9.10. The van der Waals surface area contributed by atoms with Crippen LogP contribution in [0.5, 0.6) is 0 Å². The van der Waals surface area contributed by atoms with Crippen LogP contribution in [0.2, 0.25) is 0 Å². The maximum atomic E-state index is 6.35. The fraction of sp³-hybridized carbons (Fsp3) is 0.100. The monoisotopic (exact) mass is 1000 g/mol. The van der Waals surface area contributed by atoms with Gasteiger partial charge in [-0.1, -0.05) is 174 Å². The molecule has 0 saturated carbocycles. The molecule has 12 heteroatoms. The standard InChI is InChI=1S/C33H28BN3O3.C27H16BrN3O/c1-32(2)33(3,4)40-34(39-32)23-18-19-26-25(20-23)28-24(16-11-17-27(28)38-26)31-36-29(21-12-7-5-8-13-21)35-30(37-31)22-14-9-6-10-15-22;28-19-14-15-22-21(16-19)24-20(12-7-13-23(24)32-22)27-30-25(17-8-3-1-4-9-17)29-26(31-27)18-10-5-2-6-11-18/h5-20H,1-4H3;1-16H. The Labute approximate surface area is 424 Å². The van der Waals surface area contributed by atoms with Crippen molar-refractivity contribution in [3.63, 3.8) is 0 Å². The molecule has 12 aromatic rings. The maximum absolute atomic E-state index is 6.35. The van der Waals surface area contributed by atoms with Crippen LogP contribution in [0.15, 0.2) is 207 Å². The number of furan rings is 2. The van der Waals surface area contributed by atoms with E-state index in [-0.39, 0.29) is 0 Å². The van der Waals surface area contributed by atoms with Gasteiger partial charge in [-0.25, -0.2) is 29.9 Å². The van der Waals surface area contributed by atoms with E-state index in [1.807, 2.05) is 182 Å². The molecule has 0 unspecified atom stereocenters. The van der Waals surface area contributed by atoms with Crippen LogP contribution in [-0.4, -0.2) is 48.2 Å². The predicted molar refractivity (Wildman–Crippen MR) is 290 cm³/mol. The molecule has 1 fully saturated rings. The normalized spacial score (nSPS) is 14.0. The number of nitrogens with zero attached hydrogens (tertiary/aromatic N) is 6. The Morgan fingerprint density at radius 3 is 1.12 bits per heavy atom. The molecule has 0 N–H and O–H groups in total. The van der Waals surface area contributed by atoms with Crippen molar-refractivity contribution in [2.75, 3.05) is 0 Å². The van der Waals surface area contributed by atoms with Crippen molar-refractivity contribution in [1.29, 1.82) is 0 Å². The Balaban J connectivity index is 0.000000151. The number of benzene rings is 8. The van der Waals surface area contributed by atoms with Crippen molar-refractivity contribution in [1.82, 2.24) is 29.9 Å². The summed E-state index contributed by atoms with van der Waals surface area (Å²) in [5.74, 6) is 3.72. The van der Waals surface area contributed by atoms with Crippen molar-refractivity contribution < 1.29 is 18.1 Å². The quantitative estimate of drug-likeness (QED) is 0.143. The Kier molecular flexibility index (Phi) is 11.4. The van der Waals surface area contributed by atoms with Crippen molar-refractivity contribution in [2.24, 2.45) is 0 Å². The molecule has 4 aromatic heterocycles. The average molecular weight is 1000 g/mol. The van der Waals surface area contributed by atoms with Crippen molar-refractivity contribution >= 4 is 72.4 Å². The zero-order valence-corrected chi connectivity index (χ0v) is 41.3. The summed E-state index contributed by atoms with van der Waals surface area (Å²) in [7, 11) is -0.474. The van der Waals surface area contributed by atoms with Crippen LogP contribution in [0.25, 0.3) is 112 Å². The molecular weight excluding hydrogens is 959 g/mol. The van der Waals surface area contributed by atoms with E-state index in [0.717, 1.165) is 87.2 Å². The van der Waals surface area contributed by atoms with Gasteiger partial charge in [0.05, 0.1) is 11.2 Å². The first kappa shape index (κ1) is 45.0. The van der Waals surface area contributed by atoms with E-state index < -0.39 is 18.3 Å². The smallest absolute Gasteiger partial charge is 0.456 e. The minimum atomic E-state index is -0.474. The fourth-order valence-corrected chi connectivity index (χ4v) is 9.36. The molecule has 1 saturated heterocycles. The van der Waals surface area contributed by atoms with Gasteiger partial charge in [0.1, 0.15) is 22.3 Å². The molecule has 1 aliphatic rings. The summed E-state index contributed by atoms with van der Waals surface area (Å²) >= 11 is 3.59. The van der Waals surface area contributed by atoms with Crippen LogP contribution in [0.4, 0.5) is 0 Å². The highest BCUT2D eigenvalue weighted by atomic mass is 79.9. The number of hydrogen-bond donors (Lipinski definition) is 0. The zero-order valence-electron chi connectivity index (χ0n) is 39.7. The Hall–Kier alpha value is -8.16. The van der Waals surface area contributed by atoms with Crippen LogP contribution in [0.3, 0.4) is 0 Å². The van der Waals surface area contributed by atoms with Crippen molar-refractivity contribution in [3.8, 4) is 68.3 Å². The van der Waals surface area contributed by atoms with Gasteiger partial charge in [-0.2, -0.15) is 0 Å². The van der Waals surface area contributed by atoms with E-state index in [1.165, 1.54) is 0 Å². The van der Waals surface area contributed by atoms with Gasteiger partial charge >= 0.3 is 7.12 Å². The van der Waals surface area contributed by atoms with Crippen molar-refractivity contribution in [3.05, 3.63) is 199 Å². The van der Waals surface area contributed by atoms with E-state index in [0.29, 0.717) is 34.9 Å². The van der Waals surface area contributed by atoms with Gasteiger partial charge in [-0.05, 0) is 69.6 Å². The lowest BCUT2D eigenvalue weighted by molar-refractivity contribution is 0.00578. The molecular formula is C60H44BBrN6O4. The number of rotatable bonds is 7. The molecule has 0 bridgehead atoms. The van der Waals surface area contributed by atoms with Gasteiger partial charge < -0.3 is 18.1 Å². The Morgan fingerprint density at radius 2 is 0.722 bits per heavy atom. The number of halogens is 1. The van der Waals surface area contributed by atoms with Crippen LogP contribution < -0.4 is 5.46 Å². The first-order chi connectivity index (χ1) is 35.0. The molecule has 0 amide bonds. The van der Waals surface area contributed by atoms with Crippen LogP contribution in [0, 0.1) is 0 Å².